The van der Waals surface area contributed by atoms with Crippen LogP contribution in [0.25, 0.3) is 16.9 Å². The van der Waals surface area contributed by atoms with Crippen LogP contribution < -0.4 is 9.50 Å². The van der Waals surface area contributed by atoms with E-state index >= 15 is 0 Å². The highest BCUT2D eigenvalue weighted by Gasteiger charge is 2.82. The van der Waals surface area contributed by atoms with Gasteiger partial charge in [-0.25, -0.2) is 13.8 Å². The molecule has 4 rings (SSSR count). The number of hydrogen-bond donors (Lipinski definition) is 1. The van der Waals surface area contributed by atoms with Gasteiger partial charge in [0.25, 0.3) is 11.8 Å². The number of carbonyl (C=O) groups excluding carboxylic acids is 1. The fourth-order valence-corrected chi connectivity index (χ4v) is 5.02. The minimum atomic E-state index is -7.62. The maximum atomic E-state index is 14.2. The number of aromatic nitrogens is 4. The van der Waals surface area contributed by atoms with Gasteiger partial charge in [-0.05, 0) is 30.5 Å². The van der Waals surface area contributed by atoms with Gasteiger partial charge in [0, 0.05) is 18.8 Å². The molecule has 1 amide bonds. The Morgan fingerprint density at radius 2 is 1.66 bits per heavy atom. The summed E-state index contributed by atoms with van der Waals surface area (Å²) in [6.45, 7) is 0. The number of hydrogen-bond acceptors (Lipinski definition) is 7. The topological polar surface area (TPSA) is 132 Å². The van der Waals surface area contributed by atoms with Gasteiger partial charge in [-0.15, -0.1) is 5.10 Å². The zero-order valence-corrected chi connectivity index (χ0v) is 22.8. The van der Waals surface area contributed by atoms with Crippen LogP contribution in [0.15, 0.2) is 30.6 Å². The van der Waals surface area contributed by atoms with E-state index in [2.05, 4.69) is 19.7 Å². The Hall–Kier alpha value is -4.06. The lowest BCUT2D eigenvalue weighted by Crippen LogP contribution is -2.60. The molecule has 44 heavy (non-hydrogen) atoms. The van der Waals surface area contributed by atoms with Crippen molar-refractivity contribution in [3.8, 4) is 28.9 Å². The third kappa shape index (κ3) is 5.51. The summed E-state index contributed by atoms with van der Waals surface area (Å²) in [5.74, 6) is -4.38. The summed E-state index contributed by atoms with van der Waals surface area (Å²) in [4.78, 5) is 12.7. The molecule has 2 heterocycles. The van der Waals surface area contributed by atoms with E-state index in [0.29, 0.717) is 24.6 Å². The van der Waals surface area contributed by atoms with Crippen molar-refractivity contribution in [2.45, 2.75) is 41.9 Å². The number of halogens is 11. The molecular formula is C22H13ClF10N6O4S. The Morgan fingerprint density at radius 3 is 2.16 bits per heavy atom. The zero-order chi connectivity index (χ0) is 33.3. The molecular weight excluding hydrogens is 670 g/mol. The van der Waals surface area contributed by atoms with Crippen LogP contribution in [0.2, 0.25) is 5.02 Å². The van der Waals surface area contributed by atoms with Crippen LogP contribution in [0.5, 0.6) is 5.88 Å². The van der Waals surface area contributed by atoms with Crippen molar-refractivity contribution < 1.29 is 61.3 Å². The van der Waals surface area contributed by atoms with E-state index in [1.54, 1.807) is 0 Å². The predicted molar refractivity (Wildman–Crippen MR) is 126 cm³/mol. The highest BCUT2D eigenvalue weighted by molar-refractivity contribution is 7.88. The number of alkyl halides is 10. The van der Waals surface area contributed by atoms with Crippen LogP contribution in [0, 0.1) is 11.3 Å². The molecule has 0 spiro atoms. The normalized spacial score (nSPS) is 15.5. The molecule has 3 aromatic rings. The maximum absolute atomic E-state index is 14.2. The minimum Gasteiger partial charge on any atom is -0.356 e. The van der Waals surface area contributed by atoms with Crippen LogP contribution in [-0.2, 0) is 23.3 Å². The molecule has 0 atom stereocenters. The summed E-state index contributed by atoms with van der Waals surface area (Å²) in [6, 6.07) is 5.67. The molecule has 0 radical (unpaired) electrons. The Balaban J connectivity index is 1.77. The van der Waals surface area contributed by atoms with Crippen LogP contribution in [0.3, 0.4) is 0 Å². The van der Waals surface area contributed by atoms with Gasteiger partial charge in [0.05, 0.1) is 22.9 Å². The molecule has 1 saturated carbocycles. The molecule has 1 aliphatic carbocycles. The highest BCUT2D eigenvalue weighted by Crippen LogP contribution is 2.51. The van der Waals surface area contributed by atoms with Crippen LogP contribution in [0.4, 0.5) is 43.9 Å². The number of carbonyl (C=O) groups is 1. The Bertz CT molecular complexity index is 1770. The van der Waals surface area contributed by atoms with E-state index in [-0.39, 0.29) is 26.4 Å². The van der Waals surface area contributed by atoms with Gasteiger partial charge in [-0.3, -0.25) is 4.79 Å². The van der Waals surface area contributed by atoms with Crippen molar-refractivity contribution >= 4 is 27.6 Å². The van der Waals surface area contributed by atoms with Gasteiger partial charge in [0.1, 0.15) is 5.54 Å². The Labute approximate surface area is 243 Å². The fourth-order valence-electron chi connectivity index (χ4n) is 3.81. The van der Waals surface area contributed by atoms with Crippen LogP contribution in [-0.4, -0.2) is 56.8 Å². The SMILES string of the molecule is Cn1nc(OS(=O)(=O)C(F)(C(F)(F)F)C(F)(F)F)c(C(F)(F)F)c1-n1cc(-c2ccc(Cl)c(C(=O)NC3(C#N)CC3)c2)cn1. The van der Waals surface area contributed by atoms with Crippen molar-refractivity contribution in [3.63, 3.8) is 0 Å². The van der Waals surface area contributed by atoms with Gasteiger partial charge >= 0.3 is 33.6 Å². The number of nitrogens with zero attached hydrogens (tertiary/aromatic N) is 5. The first kappa shape index (κ1) is 32.8. The fraction of sp³-hybridized carbons (Fsp3) is 0.364. The number of rotatable bonds is 7. The summed E-state index contributed by atoms with van der Waals surface area (Å²) in [5.41, 5.74) is -3.46. The highest BCUT2D eigenvalue weighted by atomic mass is 35.5. The lowest BCUT2D eigenvalue weighted by molar-refractivity contribution is -0.307. The molecule has 1 N–H and O–H groups in total. The molecule has 0 unspecified atom stereocenters. The summed E-state index contributed by atoms with van der Waals surface area (Å²) in [5, 5.41) is 11.1. The third-order valence-corrected chi connectivity index (χ3v) is 8.05. The summed E-state index contributed by atoms with van der Waals surface area (Å²) in [6.07, 6.45) is -17.7. The second kappa shape index (κ2) is 10.3. The Morgan fingerprint density at radius 1 is 1.07 bits per heavy atom. The van der Waals surface area contributed by atoms with Gasteiger partial charge in [0.2, 0.25) is 0 Å². The number of nitrogens with one attached hydrogen (secondary N) is 1. The summed E-state index contributed by atoms with van der Waals surface area (Å²) < 4.78 is 162. The van der Waals surface area contributed by atoms with E-state index in [1.807, 2.05) is 6.07 Å². The number of aryl methyl sites for hydroxylation is 1. The molecule has 10 nitrogen and oxygen atoms in total. The van der Waals surface area contributed by atoms with Crippen molar-refractivity contribution in [1.29, 1.82) is 5.26 Å². The number of nitriles is 1. The van der Waals surface area contributed by atoms with Gasteiger partial charge < -0.3 is 9.50 Å². The molecule has 1 aliphatic rings. The molecule has 0 aliphatic heterocycles. The second-order valence-electron chi connectivity index (χ2n) is 9.27. The lowest BCUT2D eigenvalue weighted by Gasteiger charge is -2.28. The third-order valence-electron chi connectivity index (χ3n) is 6.19. The molecule has 22 heteroatoms. The van der Waals surface area contributed by atoms with E-state index in [0.717, 1.165) is 12.4 Å². The standard InChI is InChI=1S/C22H13ClF10N6O4S/c1-38-17(14(19(24,25)26)16(37-38)43-44(41,42)20(27,21(28,29)30)22(31,32)33)39-8-11(7-35-39)10-2-3-13(23)12(6-10)15(40)36-18(9-34)4-5-18/h2-3,6-8H,4-5H2,1H3,(H,36,40). The van der Waals surface area contributed by atoms with Crippen molar-refractivity contribution in [1.82, 2.24) is 24.9 Å². The van der Waals surface area contributed by atoms with Gasteiger partial charge in [-0.1, -0.05) is 17.7 Å². The monoisotopic (exact) mass is 682 g/mol. The van der Waals surface area contributed by atoms with E-state index in [1.165, 1.54) is 18.2 Å². The zero-order valence-electron chi connectivity index (χ0n) is 21.2. The molecule has 1 fully saturated rings. The smallest absolute Gasteiger partial charge is 0.356 e. The average Bonchev–Trinajstić information content (AvgIpc) is 3.32. The summed E-state index contributed by atoms with van der Waals surface area (Å²) in [7, 11) is -6.94. The van der Waals surface area contributed by atoms with Crippen molar-refractivity contribution in [3.05, 3.63) is 46.7 Å². The molecule has 238 valence electrons. The lowest BCUT2D eigenvalue weighted by atomic mass is 10.1. The van der Waals surface area contributed by atoms with Crippen molar-refractivity contribution in [2.75, 3.05) is 0 Å². The second-order valence-corrected chi connectivity index (χ2v) is 11.3. The van der Waals surface area contributed by atoms with Gasteiger partial charge in [-0.2, -0.15) is 58.3 Å². The minimum absolute atomic E-state index is 0.0292. The summed E-state index contributed by atoms with van der Waals surface area (Å²) >= 11 is 6.08. The maximum Gasteiger partial charge on any atom is 0.450 e. The van der Waals surface area contributed by atoms with Crippen LogP contribution >= 0.6 is 11.6 Å². The molecule has 2 aromatic heterocycles. The van der Waals surface area contributed by atoms with Crippen molar-refractivity contribution in [2.24, 2.45) is 7.05 Å². The van der Waals surface area contributed by atoms with Crippen LogP contribution in [0.1, 0.15) is 28.8 Å². The first-order valence-corrected chi connectivity index (χ1v) is 13.3. The quantitative estimate of drug-likeness (QED) is 0.267. The molecule has 0 saturated heterocycles. The van der Waals surface area contributed by atoms with Gasteiger partial charge in [0.15, 0.2) is 11.4 Å². The average molecular weight is 683 g/mol. The number of amides is 1. The number of benzene rings is 1. The first-order chi connectivity index (χ1) is 20.0. The largest absolute Gasteiger partial charge is 0.450 e. The Kier molecular flexibility index (Phi) is 7.65. The molecule has 1 aromatic carbocycles. The first-order valence-electron chi connectivity index (χ1n) is 11.5. The van der Waals surface area contributed by atoms with E-state index in [4.69, 9.17) is 11.6 Å². The van der Waals surface area contributed by atoms with E-state index < -0.39 is 62.4 Å². The molecule has 0 bridgehead atoms. The van der Waals surface area contributed by atoms with E-state index in [9.17, 15) is 62.4 Å². The predicted octanol–water partition coefficient (Wildman–Crippen LogP) is 5.23.